The Morgan fingerprint density at radius 3 is 2.27 bits per heavy atom. The van der Waals surface area contributed by atoms with Crippen molar-refractivity contribution in [1.82, 2.24) is 15.7 Å². The number of thioether (sulfide) groups is 1. The van der Waals surface area contributed by atoms with Crippen LogP contribution in [0, 0.1) is 0 Å². The molecule has 10 nitrogen and oxygen atoms in total. The second kappa shape index (κ2) is 9.41. The number of nitrogens with zero attached hydrogens (tertiary/aromatic N) is 1. The molecule has 0 aliphatic carbocycles. The van der Waals surface area contributed by atoms with E-state index in [9.17, 15) is 24.0 Å². The minimum Gasteiger partial charge on any atom is -0.444 e. The topological polar surface area (TPSA) is 131 Å². The van der Waals surface area contributed by atoms with Crippen molar-refractivity contribution in [2.45, 2.75) is 52.2 Å². The van der Waals surface area contributed by atoms with Crippen molar-refractivity contribution in [3.05, 3.63) is 0 Å². The second-order valence-corrected chi connectivity index (χ2v) is 7.47. The van der Waals surface area contributed by atoms with Gasteiger partial charge in [-0.3, -0.25) is 14.4 Å². The summed E-state index contributed by atoms with van der Waals surface area (Å²) in [4.78, 5) is 63.0. The van der Waals surface area contributed by atoms with Crippen molar-refractivity contribution in [3.8, 4) is 0 Å². The number of carbonyl (C=O) groups excluding carboxylic acids is 5. The first-order valence-electron chi connectivity index (χ1n) is 7.89. The molecule has 2 N–H and O–H groups in total. The number of rotatable bonds is 7. The van der Waals surface area contributed by atoms with Crippen LogP contribution in [0.1, 0.15) is 40.5 Å². The molecule has 0 bridgehead atoms. The second-order valence-electron chi connectivity index (χ2n) is 6.44. The van der Waals surface area contributed by atoms with Gasteiger partial charge in [0.2, 0.25) is 5.91 Å². The van der Waals surface area contributed by atoms with Gasteiger partial charge in [-0.05, 0) is 20.8 Å². The largest absolute Gasteiger partial charge is 0.444 e. The molecule has 0 spiro atoms. The number of carbonyl (C=O) groups is 5. The zero-order valence-corrected chi connectivity index (χ0v) is 15.9. The number of nitrogens with one attached hydrogen (secondary N) is 2. The molecule has 11 heteroatoms. The summed E-state index contributed by atoms with van der Waals surface area (Å²) in [7, 11) is 0. The molecular weight excluding hydrogens is 366 g/mol. The van der Waals surface area contributed by atoms with Gasteiger partial charge >= 0.3 is 12.1 Å². The third-order valence-electron chi connectivity index (χ3n) is 2.87. The Hall–Kier alpha value is -2.30. The third-order valence-corrected chi connectivity index (χ3v) is 3.79. The van der Waals surface area contributed by atoms with E-state index in [2.05, 4.69) is 10.6 Å². The van der Waals surface area contributed by atoms with Gasteiger partial charge in [-0.15, -0.1) is 16.8 Å². The van der Waals surface area contributed by atoms with Crippen LogP contribution in [0.4, 0.5) is 4.79 Å². The number of hydrogen-bond acceptors (Lipinski definition) is 8. The van der Waals surface area contributed by atoms with Gasteiger partial charge in [0.15, 0.2) is 0 Å². The van der Waals surface area contributed by atoms with E-state index in [-0.39, 0.29) is 30.4 Å². The van der Waals surface area contributed by atoms with Gasteiger partial charge in [0.1, 0.15) is 11.6 Å². The molecule has 1 aliphatic heterocycles. The molecular formula is C15H23N3O7S. The van der Waals surface area contributed by atoms with Gasteiger partial charge in [-0.1, -0.05) is 0 Å². The zero-order valence-electron chi connectivity index (χ0n) is 15.1. The SMILES string of the molecule is CC(=O)NCSCC(NC(=O)OC(C)(C)C)C(=O)ON1C(=O)CCC1=O. The quantitative estimate of drug-likeness (QED) is 0.361. The minimum absolute atomic E-state index is 0.0342. The fourth-order valence-corrected chi connectivity index (χ4v) is 2.64. The lowest BCUT2D eigenvalue weighted by molar-refractivity contribution is -0.198. The maximum atomic E-state index is 12.3. The Kier molecular flexibility index (Phi) is 7.87. The lowest BCUT2D eigenvalue weighted by Crippen LogP contribution is -2.48. The van der Waals surface area contributed by atoms with E-state index >= 15 is 0 Å². The highest BCUT2D eigenvalue weighted by molar-refractivity contribution is 7.99. The molecule has 0 aromatic heterocycles. The minimum atomic E-state index is -1.18. The van der Waals surface area contributed by atoms with Crippen LogP contribution in [0.3, 0.4) is 0 Å². The number of ether oxygens (including phenoxy) is 1. The fourth-order valence-electron chi connectivity index (χ4n) is 1.76. The predicted molar refractivity (Wildman–Crippen MR) is 91.5 cm³/mol. The van der Waals surface area contributed by atoms with Crippen molar-refractivity contribution < 1.29 is 33.5 Å². The molecule has 1 atom stereocenters. The molecule has 1 heterocycles. The Morgan fingerprint density at radius 1 is 1.19 bits per heavy atom. The van der Waals surface area contributed by atoms with Crippen LogP contribution in [0.25, 0.3) is 0 Å². The van der Waals surface area contributed by atoms with Crippen LogP contribution in [0.2, 0.25) is 0 Å². The maximum Gasteiger partial charge on any atom is 0.408 e. The molecule has 0 radical (unpaired) electrons. The van der Waals surface area contributed by atoms with Crippen LogP contribution < -0.4 is 10.6 Å². The fraction of sp³-hybridized carbons (Fsp3) is 0.667. The van der Waals surface area contributed by atoms with Crippen LogP contribution >= 0.6 is 11.8 Å². The van der Waals surface area contributed by atoms with Crippen LogP contribution in [0.15, 0.2) is 0 Å². The third kappa shape index (κ3) is 7.72. The summed E-state index contributed by atoms with van der Waals surface area (Å²) < 4.78 is 5.09. The molecule has 1 rings (SSSR count). The zero-order chi connectivity index (χ0) is 19.9. The van der Waals surface area contributed by atoms with Crippen molar-refractivity contribution in [2.24, 2.45) is 0 Å². The Labute approximate surface area is 155 Å². The van der Waals surface area contributed by atoms with E-state index in [4.69, 9.17) is 9.57 Å². The monoisotopic (exact) mass is 389 g/mol. The molecule has 1 aliphatic rings. The number of hydroxylamine groups is 2. The first-order chi connectivity index (χ1) is 12.0. The Balaban J connectivity index is 2.69. The van der Waals surface area contributed by atoms with Gasteiger partial charge < -0.3 is 20.2 Å². The van der Waals surface area contributed by atoms with E-state index in [0.29, 0.717) is 5.06 Å². The van der Waals surface area contributed by atoms with Gasteiger partial charge in [0.05, 0.1) is 5.88 Å². The van der Waals surface area contributed by atoms with Crippen LogP contribution in [0.5, 0.6) is 0 Å². The Morgan fingerprint density at radius 2 is 1.77 bits per heavy atom. The summed E-state index contributed by atoms with van der Waals surface area (Å²) in [6, 6.07) is -1.18. The van der Waals surface area contributed by atoms with E-state index in [1.54, 1.807) is 20.8 Å². The lowest BCUT2D eigenvalue weighted by Gasteiger charge is -2.23. The van der Waals surface area contributed by atoms with Gasteiger partial charge in [-0.25, -0.2) is 9.59 Å². The summed E-state index contributed by atoms with van der Waals surface area (Å²) in [6.45, 7) is 6.32. The van der Waals surface area contributed by atoms with Crippen molar-refractivity contribution in [3.63, 3.8) is 0 Å². The summed E-state index contributed by atoms with van der Waals surface area (Å²) in [5.74, 6) is -2.22. The van der Waals surface area contributed by atoms with Crippen molar-refractivity contribution in [1.29, 1.82) is 0 Å². The Bertz CT molecular complexity index is 572. The number of amides is 4. The molecule has 26 heavy (non-hydrogen) atoms. The number of hydrogen-bond donors (Lipinski definition) is 2. The average molecular weight is 389 g/mol. The van der Waals surface area contributed by atoms with Gasteiger partial charge in [-0.2, -0.15) is 0 Å². The molecule has 1 unspecified atom stereocenters. The number of alkyl carbamates (subject to hydrolysis) is 1. The molecule has 0 saturated carbocycles. The molecule has 1 saturated heterocycles. The highest BCUT2D eigenvalue weighted by Crippen LogP contribution is 2.14. The molecule has 4 amide bonds. The van der Waals surface area contributed by atoms with Crippen molar-refractivity contribution in [2.75, 3.05) is 11.6 Å². The standard InChI is InChI=1S/C15H23N3O7S/c1-9(19)16-8-26-7-10(17-14(23)24-15(2,3)4)13(22)25-18-11(20)5-6-12(18)21/h10H,5-8H2,1-4H3,(H,16,19)(H,17,23). The van der Waals surface area contributed by atoms with Crippen LogP contribution in [-0.2, 0) is 28.8 Å². The first kappa shape index (κ1) is 21.7. The smallest absolute Gasteiger partial charge is 0.408 e. The van der Waals surface area contributed by atoms with Gasteiger partial charge in [0, 0.05) is 25.5 Å². The number of imide groups is 1. The van der Waals surface area contributed by atoms with Crippen molar-refractivity contribution >= 4 is 41.5 Å². The highest BCUT2D eigenvalue weighted by Gasteiger charge is 2.35. The normalized spacial score (nSPS) is 15.5. The molecule has 1 fully saturated rings. The van der Waals surface area contributed by atoms with Crippen LogP contribution in [-0.4, -0.2) is 58.1 Å². The van der Waals surface area contributed by atoms with E-state index in [1.807, 2.05) is 0 Å². The summed E-state index contributed by atoms with van der Waals surface area (Å²) in [5, 5.41) is 5.28. The lowest BCUT2D eigenvalue weighted by atomic mass is 10.2. The summed E-state index contributed by atoms with van der Waals surface area (Å²) >= 11 is 1.15. The highest BCUT2D eigenvalue weighted by atomic mass is 32.2. The van der Waals surface area contributed by atoms with E-state index in [0.717, 1.165) is 11.8 Å². The van der Waals surface area contributed by atoms with E-state index in [1.165, 1.54) is 6.92 Å². The molecule has 146 valence electrons. The average Bonchev–Trinajstić information content (AvgIpc) is 2.80. The molecule has 0 aromatic carbocycles. The maximum absolute atomic E-state index is 12.3. The first-order valence-corrected chi connectivity index (χ1v) is 9.04. The predicted octanol–water partition coefficient (Wildman–Crippen LogP) is 0.314. The van der Waals surface area contributed by atoms with Gasteiger partial charge in [0.25, 0.3) is 11.8 Å². The molecule has 0 aromatic rings. The van der Waals surface area contributed by atoms with E-state index < -0.39 is 35.5 Å². The summed E-state index contributed by atoms with van der Waals surface area (Å²) in [6.07, 6.45) is -0.917. The summed E-state index contributed by atoms with van der Waals surface area (Å²) in [5.41, 5.74) is -0.775.